The average molecular weight is 1400 g/mol. The fraction of sp³-hybridized carbons (Fsp3) is 0.548. The van der Waals surface area contributed by atoms with Gasteiger partial charge in [-0.1, -0.05) is 39.3 Å². The Hall–Kier alpha value is -7.06. The van der Waals surface area contributed by atoms with Crippen molar-refractivity contribution in [3.63, 3.8) is 0 Å². The van der Waals surface area contributed by atoms with Gasteiger partial charge in [0.1, 0.15) is 34.4 Å². The van der Waals surface area contributed by atoms with Gasteiger partial charge in [-0.3, -0.25) is 40.0 Å². The number of hydrogen-bond donors (Lipinski definition) is 2. The molecule has 0 spiro atoms. The Morgan fingerprint density at radius 2 is 1.09 bits per heavy atom. The zero-order chi connectivity index (χ0) is 68.3. The normalized spacial score (nSPS) is 21.6. The standard InChI is InChI=1S/C28H36N6O5SSi.C22H33BrN4O5SSi.C12H15BN2O2/c1-27(2,3)39-25(36)31-24-32-28(22-11-20(16-40-22)19-10-18(12-29)13-30-14-19)17-34(15-21(28)23(35)33(24)4)26(37)38-8-9-41(5,6)7;1-21(2,3)32-19(29)24-18-25-22(16-10-14(23)12-33-16)13-27(11-15(22)17(28)26(18)4)20(30)31-8-9-34(5,6)7;1-11(2)12(3,4)17-13(16-11)10-5-9(6-14)7-15-8-10/h10-11,13-14,16,21H,8-9,15,17H2,1-7H3,(H,31,32,36);10,12,15H,8-9,11,13H2,1-7H3,(H,24,25,29);5,7-8H,1-4H3/t21?,28-;15?,22-;/m00./s1. The van der Waals surface area contributed by atoms with Gasteiger partial charge in [-0.25, -0.2) is 29.2 Å². The molecular weight excluding hydrogens is 1320 g/mol. The summed E-state index contributed by atoms with van der Waals surface area (Å²) in [7, 11) is -0.132. The highest BCUT2D eigenvalue weighted by Crippen LogP contribution is 2.49. The number of rotatable bonds is 10. The molecule has 5 aliphatic heterocycles. The molecule has 0 radical (unpaired) electrons. The molecule has 0 bridgehead atoms. The third-order valence-corrected chi connectivity index (χ3v) is 22.2. The van der Waals surface area contributed by atoms with Gasteiger partial charge in [0.2, 0.25) is 23.7 Å². The molecule has 9 heterocycles. The van der Waals surface area contributed by atoms with Gasteiger partial charge in [-0.15, -0.1) is 22.7 Å². The molecule has 5 aliphatic rings. The number of aliphatic imine (C=N–C) groups is 2. The summed E-state index contributed by atoms with van der Waals surface area (Å²) in [5.74, 6) is -1.69. The summed E-state index contributed by atoms with van der Waals surface area (Å²) in [5.41, 5.74) is -1.11. The monoisotopic (exact) mass is 1400 g/mol. The molecule has 92 heavy (non-hydrogen) atoms. The Bertz CT molecular complexity index is 3590. The van der Waals surface area contributed by atoms with Crippen molar-refractivity contribution in [3.8, 4) is 23.3 Å². The van der Waals surface area contributed by atoms with Crippen LogP contribution >= 0.6 is 38.6 Å². The zero-order valence-electron chi connectivity index (χ0n) is 55.7. The Balaban J connectivity index is 0.000000211. The summed E-state index contributed by atoms with van der Waals surface area (Å²) in [6.07, 6.45) is 3.96. The van der Waals surface area contributed by atoms with Gasteiger partial charge in [-0.2, -0.15) is 10.5 Å². The van der Waals surface area contributed by atoms with Crippen LogP contribution in [0, 0.1) is 34.5 Å². The average Bonchev–Trinajstić information content (AvgIpc) is 1.55. The second kappa shape index (κ2) is 27.9. The highest BCUT2D eigenvalue weighted by Gasteiger charge is 2.60. The molecule has 9 rings (SSSR count). The Kier molecular flexibility index (Phi) is 21.9. The van der Waals surface area contributed by atoms with Gasteiger partial charge < -0.3 is 38.1 Å². The van der Waals surface area contributed by atoms with Crippen LogP contribution < -0.4 is 16.1 Å². The molecule has 494 valence electrons. The summed E-state index contributed by atoms with van der Waals surface area (Å²) >= 11 is 6.33. The largest absolute Gasteiger partial charge is 0.496 e. The van der Waals surface area contributed by atoms with Crippen LogP contribution in [0.1, 0.15) is 90.1 Å². The number of hydrogen-bond acceptors (Lipinski definition) is 20. The zero-order valence-corrected chi connectivity index (χ0v) is 60.9. The van der Waals surface area contributed by atoms with Gasteiger partial charge in [0.25, 0.3) is 0 Å². The number of alkyl carbamates (subject to hydrolysis) is 2. The highest BCUT2D eigenvalue weighted by atomic mass is 79.9. The molecule has 24 nitrogen and oxygen atoms in total. The molecule has 3 saturated heterocycles. The maximum atomic E-state index is 13.8. The van der Waals surface area contributed by atoms with E-state index in [1.807, 2.05) is 50.6 Å². The molecule has 4 atom stereocenters. The lowest BCUT2D eigenvalue weighted by Crippen LogP contribution is -2.56. The predicted molar refractivity (Wildman–Crippen MR) is 361 cm³/mol. The van der Waals surface area contributed by atoms with E-state index < -0.39 is 81.8 Å². The summed E-state index contributed by atoms with van der Waals surface area (Å²) in [4.78, 5) is 104. The smallest absolute Gasteiger partial charge is 0.450 e. The molecule has 4 aromatic rings. The number of nitriles is 2. The number of ether oxygens (including phenoxy) is 4. The van der Waals surface area contributed by atoms with Crippen LogP contribution in [-0.4, -0.2) is 177 Å². The number of nitrogens with one attached hydrogen (secondary N) is 2. The van der Waals surface area contributed by atoms with Crippen molar-refractivity contribution in [2.45, 2.75) is 154 Å². The third-order valence-electron chi connectivity index (χ3n) is 15.9. The SMILES string of the molecule is CC1(C)OB(c2cncc(C#N)c2)OC1(C)C.CN1C(=O)C2CN(C(=O)OCC[Si](C)(C)C)C[C@]2(c2cc(-c3cncc(C#N)c3)cs2)N=C1NC(=O)OC(C)(C)C.CN1C(=O)C2CN(C(=O)OCC[Si](C)(C)C)C[C@]2(c2cc(Br)cs2)N=C1NC(=O)OC(C)(C)C. The second-order valence-electron chi connectivity index (χ2n) is 28.6. The third kappa shape index (κ3) is 17.6. The minimum Gasteiger partial charge on any atom is -0.450 e. The van der Waals surface area contributed by atoms with E-state index in [0.717, 1.165) is 42.9 Å². The van der Waals surface area contributed by atoms with Crippen LogP contribution in [0.15, 0.2) is 74.3 Å². The molecule has 2 unspecified atom stereocenters. The first-order valence-electron chi connectivity index (χ1n) is 30.1. The van der Waals surface area contributed by atoms with Crippen LogP contribution in [-0.2, 0) is 48.9 Å². The number of halogens is 1. The van der Waals surface area contributed by atoms with Crippen LogP contribution in [0.3, 0.4) is 0 Å². The first-order valence-corrected chi connectivity index (χ1v) is 40.0. The molecule has 0 aromatic carbocycles. The highest BCUT2D eigenvalue weighted by molar-refractivity contribution is 9.10. The van der Waals surface area contributed by atoms with Crippen molar-refractivity contribution in [2.24, 2.45) is 21.8 Å². The molecule has 0 saturated carbocycles. The van der Waals surface area contributed by atoms with Crippen molar-refractivity contribution >= 4 is 115 Å². The number of guanidine groups is 2. The molecule has 2 N–H and O–H groups in total. The first kappa shape index (κ1) is 72.4. The van der Waals surface area contributed by atoms with Crippen molar-refractivity contribution in [1.29, 1.82) is 10.5 Å². The number of thiophene rings is 2. The molecule has 4 aromatic heterocycles. The molecular formula is C62H84BBrN12O12S2Si2. The van der Waals surface area contributed by atoms with Gasteiger partial charge in [0.15, 0.2) is 0 Å². The Morgan fingerprint density at radius 1 is 0.663 bits per heavy atom. The van der Waals surface area contributed by atoms with E-state index in [1.54, 1.807) is 78.0 Å². The number of fused-ring (bicyclic) bond motifs is 2. The fourth-order valence-corrected chi connectivity index (χ4v) is 14.3. The van der Waals surface area contributed by atoms with Gasteiger partial charge in [-0.05, 0) is 132 Å². The first-order chi connectivity index (χ1) is 42.6. The maximum absolute atomic E-state index is 13.8. The van der Waals surface area contributed by atoms with E-state index in [4.69, 9.17) is 43.5 Å². The van der Waals surface area contributed by atoms with Crippen LogP contribution in [0.2, 0.25) is 51.4 Å². The number of nitrogens with zero attached hydrogens (tertiary/aromatic N) is 10. The predicted octanol–water partition coefficient (Wildman–Crippen LogP) is 10.4. The molecule has 30 heteroatoms. The fourth-order valence-electron chi connectivity index (χ4n) is 10.2. The number of pyridine rings is 2. The van der Waals surface area contributed by atoms with Crippen molar-refractivity contribution < 1.29 is 57.0 Å². The summed E-state index contributed by atoms with van der Waals surface area (Å²) in [5, 5.41) is 27.2. The summed E-state index contributed by atoms with van der Waals surface area (Å²) < 4.78 is 34.6. The van der Waals surface area contributed by atoms with E-state index in [2.05, 4.69) is 88.0 Å². The van der Waals surface area contributed by atoms with Crippen LogP contribution in [0.4, 0.5) is 19.2 Å². The van der Waals surface area contributed by atoms with Crippen molar-refractivity contribution in [2.75, 3.05) is 53.5 Å². The van der Waals surface area contributed by atoms with E-state index in [1.165, 1.54) is 56.8 Å². The van der Waals surface area contributed by atoms with E-state index in [-0.39, 0.29) is 61.1 Å². The quantitative estimate of drug-likeness (QED) is 0.110. The second-order valence-corrected chi connectivity index (χ2v) is 42.6. The number of carbonyl (C=O) groups excluding carboxylic acids is 6. The van der Waals surface area contributed by atoms with Gasteiger partial charge in [0, 0.05) is 98.8 Å². The van der Waals surface area contributed by atoms with Gasteiger partial charge in [0.05, 0.1) is 60.5 Å². The van der Waals surface area contributed by atoms with E-state index >= 15 is 0 Å². The molecule has 0 aliphatic carbocycles. The van der Waals surface area contributed by atoms with Gasteiger partial charge >= 0.3 is 31.5 Å². The lowest BCUT2D eigenvalue weighted by Gasteiger charge is -2.37. The Morgan fingerprint density at radius 3 is 1.50 bits per heavy atom. The number of amides is 6. The van der Waals surface area contributed by atoms with E-state index in [0.29, 0.717) is 24.3 Å². The lowest BCUT2D eigenvalue weighted by molar-refractivity contribution is -0.133. The maximum Gasteiger partial charge on any atom is 0.496 e. The van der Waals surface area contributed by atoms with Crippen molar-refractivity contribution in [1.82, 2.24) is 40.2 Å². The van der Waals surface area contributed by atoms with Crippen molar-refractivity contribution in [3.05, 3.63) is 85.2 Å². The Labute approximate surface area is 557 Å². The summed E-state index contributed by atoms with van der Waals surface area (Å²) in [6.45, 7) is 33.0. The minimum absolute atomic E-state index is 0.0394. The molecule has 3 fully saturated rings. The number of aromatic nitrogens is 2. The molecule has 6 amide bonds. The summed E-state index contributed by atoms with van der Waals surface area (Å²) in [6, 6.07) is 13.1. The van der Waals surface area contributed by atoms with Crippen LogP contribution in [0.5, 0.6) is 0 Å². The number of carbonyl (C=O) groups is 6. The van der Waals surface area contributed by atoms with E-state index in [9.17, 15) is 34.0 Å². The van der Waals surface area contributed by atoms with Crippen LogP contribution in [0.25, 0.3) is 11.1 Å². The number of likely N-dealkylation sites (tertiary alicyclic amines) is 2. The minimum atomic E-state index is -1.41. The lowest BCUT2D eigenvalue weighted by atomic mass is 9.80. The topological polar surface area (TPSA) is 293 Å².